The van der Waals surface area contributed by atoms with Crippen molar-refractivity contribution < 1.29 is 19.2 Å². The maximum absolute atomic E-state index is 12.4. The van der Waals surface area contributed by atoms with Crippen molar-refractivity contribution in [3.05, 3.63) is 103 Å². The van der Waals surface area contributed by atoms with Gasteiger partial charge in [0.15, 0.2) is 0 Å². The quantitative estimate of drug-likeness (QED) is 0.168. The number of halogens is 2. The normalized spacial score (nSPS) is 10.6. The number of hydrogen-bond acceptors (Lipinski definition) is 6. The van der Waals surface area contributed by atoms with Gasteiger partial charge >= 0.3 is 5.97 Å². The van der Waals surface area contributed by atoms with Gasteiger partial charge in [0.05, 0.1) is 16.7 Å². The van der Waals surface area contributed by atoms with Gasteiger partial charge in [-0.3, -0.25) is 14.9 Å². The van der Waals surface area contributed by atoms with Crippen LogP contribution in [0.1, 0.15) is 26.3 Å². The highest BCUT2D eigenvalue weighted by Crippen LogP contribution is 2.23. The van der Waals surface area contributed by atoms with E-state index in [2.05, 4.69) is 26.5 Å². The molecule has 0 aliphatic rings. The molecule has 0 aromatic heterocycles. The summed E-state index contributed by atoms with van der Waals surface area (Å²) in [7, 11) is 0. The predicted octanol–water partition coefficient (Wildman–Crippen LogP) is 4.99. The van der Waals surface area contributed by atoms with Gasteiger partial charge in [-0.2, -0.15) is 5.10 Å². The molecule has 0 saturated heterocycles. The predicted molar refractivity (Wildman–Crippen MR) is 119 cm³/mol. The topological polar surface area (TPSA) is 111 Å². The van der Waals surface area contributed by atoms with Crippen LogP contribution in [0.15, 0.2) is 76.3 Å². The number of ether oxygens (including phenoxy) is 1. The van der Waals surface area contributed by atoms with Crippen molar-refractivity contribution in [3.63, 3.8) is 0 Å². The van der Waals surface area contributed by atoms with E-state index in [4.69, 9.17) is 16.3 Å². The molecule has 0 spiro atoms. The number of rotatable bonds is 6. The maximum Gasteiger partial charge on any atom is 0.343 e. The van der Waals surface area contributed by atoms with Gasteiger partial charge in [-0.25, -0.2) is 10.2 Å². The van der Waals surface area contributed by atoms with E-state index in [0.29, 0.717) is 16.1 Å². The van der Waals surface area contributed by atoms with E-state index >= 15 is 0 Å². The third-order valence-corrected chi connectivity index (χ3v) is 4.73. The first-order chi connectivity index (χ1) is 14.8. The highest BCUT2D eigenvalue weighted by atomic mass is 79.9. The smallest absolute Gasteiger partial charge is 0.343 e. The third kappa shape index (κ3) is 5.97. The Hall–Kier alpha value is -3.56. The summed E-state index contributed by atoms with van der Waals surface area (Å²) >= 11 is 9.31. The standard InChI is InChI=1S/C21H13BrClN3O5/c22-16-5-1-13(2-6-16)20(27)25-24-12-15-11-17(23)7-10-19(15)31-21(28)14-3-8-18(9-4-14)26(29)30/h1-12H,(H,25,27)/b24-12+. The van der Waals surface area contributed by atoms with E-state index < -0.39 is 16.8 Å². The van der Waals surface area contributed by atoms with E-state index in [1.54, 1.807) is 24.3 Å². The number of benzene rings is 3. The zero-order valence-corrected chi connectivity index (χ0v) is 18.0. The minimum absolute atomic E-state index is 0.131. The second-order valence-corrected chi connectivity index (χ2v) is 7.43. The maximum atomic E-state index is 12.4. The summed E-state index contributed by atoms with van der Waals surface area (Å²) in [6, 6.07) is 16.2. The van der Waals surface area contributed by atoms with E-state index in [9.17, 15) is 19.7 Å². The number of carbonyl (C=O) groups excluding carboxylic acids is 2. The molecule has 3 aromatic carbocycles. The average molecular weight is 503 g/mol. The first-order valence-electron chi connectivity index (χ1n) is 8.68. The lowest BCUT2D eigenvalue weighted by molar-refractivity contribution is -0.384. The molecule has 1 amide bonds. The Labute approximate surface area is 189 Å². The summed E-state index contributed by atoms with van der Waals surface area (Å²) in [5, 5.41) is 15.0. The zero-order valence-electron chi connectivity index (χ0n) is 15.6. The van der Waals surface area contributed by atoms with Gasteiger partial charge in [-0.05, 0) is 54.6 Å². The molecule has 0 atom stereocenters. The van der Waals surface area contributed by atoms with Crippen molar-refractivity contribution in [2.24, 2.45) is 5.10 Å². The van der Waals surface area contributed by atoms with Gasteiger partial charge in [0, 0.05) is 32.8 Å². The number of nitrogens with zero attached hydrogens (tertiary/aromatic N) is 2. The van der Waals surface area contributed by atoms with Crippen LogP contribution in [0.5, 0.6) is 5.75 Å². The molecule has 1 N–H and O–H groups in total. The number of hydrogen-bond donors (Lipinski definition) is 1. The van der Waals surface area contributed by atoms with Crippen molar-refractivity contribution >= 4 is 51.3 Å². The van der Waals surface area contributed by atoms with Crippen LogP contribution in [0.2, 0.25) is 5.02 Å². The number of carbonyl (C=O) groups is 2. The van der Waals surface area contributed by atoms with Gasteiger partial charge in [-0.1, -0.05) is 27.5 Å². The molecule has 3 aromatic rings. The minimum atomic E-state index is -0.717. The number of nitro groups is 1. The van der Waals surface area contributed by atoms with E-state index in [1.165, 1.54) is 48.7 Å². The third-order valence-electron chi connectivity index (χ3n) is 3.96. The summed E-state index contributed by atoms with van der Waals surface area (Å²) in [5.74, 6) is -0.990. The number of esters is 1. The molecular weight excluding hydrogens is 490 g/mol. The Kier molecular flexibility index (Phi) is 7.11. The number of nitro benzene ring substituents is 1. The second-order valence-electron chi connectivity index (χ2n) is 6.08. The first kappa shape index (κ1) is 22.1. The fourth-order valence-electron chi connectivity index (χ4n) is 2.42. The van der Waals surface area contributed by atoms with Crippen molar-refractivity contribution in [1.29, 1.82) is 0 Å². The monoisotopic (exact) mass is 501 g/mol. The van der Waals surface area contributed by atoms with E-state index in [-0.39, 0.29) is 17.0 Å². The molecular formula is C21H13BrClN3O5. The summed E-state index contributed by atoms with van der Waals surface area (Å²) in [6.45, 7) is 0. The molecule has 10 heteroatoms. The van der Waals surface area contributed by atoms with Gasteiger partial charge in [0.2, 0.25) is 0 Å². The van der Waals surface area contributed by atoms with E-state index in [1.807, 2.05) is 0 Å². The van der Waals surface area contributed by atoms with Crippen molar-refractivity contribution in [3.8, 4) is 5.75 Å². The van der Waals surface area contributed by atoms with Crippen LogP contribution >= 0.6 is 27.5 Å². The minimum Gasteiger partial charge on any atom is -0.422 e. The molecule has 0 radical (unpaired) electrons. The molecule has 3 rings (SSSR count). The highest BCUT2D eigenvalue weighted by molar-refractivity contribution is 9.10. The Morgan fingerprint density at radius 1 is 1.03 bits per heavy atom. The Morgan fingerprint density at radius 3 is 2.32 bits per heavy atom. The number of nitrogens with one attached hydrogen (secondary N) is 1. The molecule has 0 bridgehead atoms. The van der Waals surface area contributed by atoms with Crippen LogP contribution in [0.25, 0.3) is 0 Å². The largest absolute Gasteiger partial charge is 0.422 e. The fraction of sp³-hybridized carbons (Fsp3) is 0. The van der Waals surface area contributed by atoms with Crippen LogP contribution in [0.4, 0.5) is 5.69 Å². The van der Waals surface area contributed by atoms with Gasteiger partial charge in [0.1, 0.15) is 5.75 Å². The molecule has 0 aliphatic carbocycles. The first-order valence-corrected chi connectivity index (χ1v) is 9.86. The number of amides is 1. The summed E-state index contributed by atoms with van der Waals surface area (Å²) in [6.07, 6.45) is 1.29. The van der Waals surface area contributed by atoms with Crippen molar-refractivity contribution in [2.75, 3.05) is 0 Å². The fourth-order valence-corrected chi connectivity index (χ4v) is 2.86. The van der Waals surface area contributed by atoms with Crippen molar-refractivity contribution in [1.82, 2.24) is 5.43 Å². The Bertz CT molecular complexity index is 1160. The molecule has 156 valence electrons. The molecule has 0 saturated carbocycles. The van der Waals surface area contributed by atoms with E-state index in [0.717, 1.165) is 4.47 Å². The van der Waals surface area contributed by atoms with Gasteiger partial charge in [0.25, 0.3) is 11.6 Å². The molecule has 0 heterocycles. The molecule has 8 nitrogen and oxygen atoms in total. The lowest BCUT2D eigenvalue weighted by Crippen LogP contribution is -2.17. The summed E-state index contributed by atoms with van der Waals surface area (Å²) < 4.78 is 6.20. The lowest BCUT2D eigenvalue weighted by atomic mass is 10.2. The molecule has 31 heavy (non-hydrogen) atoms. The molecule has 0 unspecified atom stereocenters. The van der Waals surface area contributed by atoms with Crippen molar-refractivity contribution in [2.45, 2.75) is 0 Å². The van der Waals surface area contributed by atoms with Gasteiger partial charge < -0.3 is 4.74 Å². The second kappa shape index (κ2) is 9.96. The van der Waals surface area contributed by atoms with Gasteiger partial charge in [-0.15, -0.1) is 0 Å². The Balaban J connectivity index is 1.73. The number of hydrazone groups is 1. The lowest BCUT2D eigenvalue weighted by Gasteiger charge is -2.08. The zero-order chi connectivity index (χ0) is 22.4. The van der Waals surface area contributed by atoms with Crippen LogP contribution < -0.4 is 10.2 Å². The summed E-state index contributed by atoms with van der Waals surface area (Å²) in [4.78, 5) is 34.7. The SMILES string of the molecule is O=C(N/N=C/c1cc(Cl)ccc1OC(=O)c1ccc([N+](=O)[O-])cc1)c1ccc(Br)cc1. The highest BCUT2D eigenvalue weighted by Gasteiger charge is 2.14. The summed E-state index contributed by atoms with van der Waals surface area (Å²) in [5.41, 5.74) is 3.13. The van der Waals surface area contributed by atoms with Crippen LogP contribution in [0, 0.1) is 10.1 Å². The van der Waals surface area contributed by atoms with Crippen LogP contribution in [-0.4, -0.2) is 23.0 Å². The molecule has 0 fully saturated rings. The van der Waals surface area contributed by atoms with Crippen LogP contribution in [-0.2, 0) is 0 Å². The number of non-ortho nitro benzene ring substituents is 1. The molecule has 0 aliphatic heterocycles. The van der Waals surface area contributed by atoms with Crippen LogP contribution in [0.3, 0.4) is 0 Å². The Morgan fingerprint density at radius 2 is 1.68 bits per heavy atom. The average Bonchev–Trinajstić information content (AvgIpc) is 2.76.